The van der Waals surface area contributed by atoms with Crippen LogP contribution in [0, 0.1) is 19.8 Å². The lowest BCUT2D eigenvalue weighted by atomic mass is 9.95. The molecular weight excluding hydrogens is 328 g/mol. The molecule has 3 heterocycles. The summed E-state index contributed by atoms with van der Waals surface area (Å²) in [4.78, 5) is 15.1. The zero-order valence-corrected chi connectivity index (χ0v) is 15.5. The molecule has 0 unspecified atom stereocenters. The number of carbonyl (C=O) groups is 1. The third-order valence-electron chi connectivity index (χ3n) is 5.54. The van der Waals surface area contributed by atoms with E-state index in [9.17, 15) is 4.79 Å². The number of rotatable bonds is 3. The van der Waals surface area contributed by atoms with Gasteiger partial charge in [0.05, 0.1) is 18.8 Å². The maximum absolute atomic E-state index is 13.1. The quantitative estimate of drug-likeness (QED) is 0.849. The summed E-state index contributed by atoms with van der Waals surface area (Å²) in [5.74, 6) is 0.533. The normalized spacial score (nSPS) is 19.2. The number of piperidine rings is 1. The minimum Gasteiger partial charge on any atom is -0.350 e. The van der Waals surface area contributed by atoms with Crippen molar-refractivity contribution in [1.29, 1.82) is 0 Å². The van der Waals surface area contributed by atoms with Crippen molar-refractivity contribution >= 4 is 5.91 Å². The Bertz CT molecular complexity index is 770. The van der Waals surface area contributed by atoms with Gasteiger partial charge in [0.2, 0.25) is 0 Å². The number of nitrogens with zero attached hydrogens (tertiary/aromatic N) is 2. The molecule has 0 spiro atoms. The van der Waals surface area contributed by atoms with E-state index in [2.05, 4.69) is 23.6 Å². The molecule has 1 aromatic heterocycles. The molecule has 2 aliphatic rings. The van der Waals surface area contributed by atoms with E-state index in [1.807, 2.05) is 36.1 Å². The third-order valence-corrected chi connectivity index (χ3v) is 5.54. The smallest absolute Gasteiger partial charge is 0.255 e. The molecule has 0 saturated carbocycles. The predicted molar refractivity (Wildman–Crippen MR) is 99.6 cm³/mol. The first-order chi connectivity index (χ1) is 12.6. The Labute approximate surface area is 154 Å². The standard InChI is InChI=1S/C21H26N2O3/c1-15-14-19(16(2)23(15)18-6-4-3-5-7-18)20(24)22-10-8-17(9-11-22)21-25-12-13-26-21/h3-7,14,17,21H,8-13H2,1-2H3. The molecule has 0 bridgehead atoms. The molecule has 1 aromatic carbocycles. The number of hydrogen-bond acceptors (Lipinski definition) is 3. The molecule has 2 fully saturated rings. The summed E-state index contributed by atoms with van der Waals surface area (Å²) in [5.41, 5.74) is 3.98. The Hall–Kier alpha value is -2.11. The Balaban J connectivity index is 1.49. The van der Waals surface area contributed by atoms with Crippen molar-refractivity contribution in [3.8, 4) is 5.69 Å². The summed E-state index contributed by atoms with van der Waals surface area (Å²) in [7, 11) is 0. The van der Waals surface area contributed by atoms with Crippen LogP contribution in [-0.2, 0) is 9.47 Å². The second kappa shape index (κ2) is 7.25. The van der Waals surface area contributed by atoms with E-state index in [1.54, 1.807) is 0 Å². The summed E-state index contributed by atoms with van der Waals surface area (Å²) in [6, 6.07) is 12.2. The second-order valence-electron chi connectivity index (χ2n) is 7.20. The molecule has 2 saturated heterocycles. The van der Waals surface area contributed by atoms with Gasteiger partial charge in [-0.25, -0.2) is 0 Å². The minimum atomic E-state index is -0.0737. The van der Waals surface area contributed by atoms with Crippen molar-refractivity contribution in [2.75, 3.05) is 26.3 Å². The van der Waals surface area contributed by atoms with E-state index in [4.69, 9.17) is 9.47 Å². The zero-order chi connectivity index (χ0) is 18.1. The number of aryl methyl sites for hydroxylation is 1. The van der Waals surface area contributed by atoms with Gasteiger partial charge in [0.1, 0.15) is 0 Å². The molecule has 26 heavy (non-hydrogen) atoms. The van der Waals surface area contributed by atoms with Gasteiger partial charge in [-0.15, -0.1) is 0 Å². The number of hydrogen-bond donors (Lipinski definition) is 0. The molecule has 5 nitrogen and oxygen atoms in total. The van der Waals surface area contributed by atoms with Gasteiger partial charge < -0.3 is 18.9 Å². The molecular formula is C21H26N2O3. The van der Waals surface area contributed by atoms with Gasteiger partial charge in [0.15, 0.2) is 6.29 Å². The highest BCUT2D eigenvalue weighted by molar-refractivity contribution is 5.96. The molecule has 0 aliphatic carbocycles. The fourth-order valence-electron chi connectivity index (χ4n) is 4.15. The summed E-state index contributed by atoms with van der Waals surface area (Å²) in [6.07, 6.45) is 1.80. The Morgan fingerprint density at radius 1 is 1.04 bits per heavy atom. The average molecular weight is 354 g/mol. The molecule has 4 rings (SSSR count). The number of para-hydroxylation sites is 1. The molecule has 2 aromatic rings. The van der Waals surface area contributed by atoms with Crippen LogP contribution in [0.4, 0.5) is 0 Å². The topological polar surface area (TPSA) is 43.7 Å². The van der Waals surface area contributed by atoms with E-state index in [0.717, 1.165) is 48.6 Å². The van der Waals surface area contributed by atoms with Crippen LogP contribution in [-0.4, -0.2) is 48.0 Å². The van der Waals surface area contributed by atoms with Crippen LogP contribution in [0.2, 0.25) is 0 Å². The van der Waals surface area contributed by atoms with E-state index in [-0.39, 0.29) is 12.2 Å². The second-order valence-corrected chi connectivity index (χ2v) is 7.20. The van der Waals surface area contributed by atoms with Crippen LogP contribution in [0.25, 0.3) is 5.69 Å². The number of likely N-dealkylation sites (tertiary alicyclic amines) is 1. The summed E-state index contributed by atoms with van der Waals surface area (Å²) < 4.78 is 13.4. The van der Waals surface area contributed by atoms with Crippen LogP contribution in [0.5, 0.6) is 0 Å². The molecule has 1 amide bonds. The number of amides is 1. The Kier molecular flexibility index (Phi) is 4.83. The number of carbonyl (C=O) groups excluding carboxylic acids is 1. The largest absolute Gasteiger partial charge is 0.350 e. The van der Waals surface area contributed by atoms with Crippen molar-refractivity contribution in [3.63, 3.8) is 0 Å². The van der Waals surface area contributed by atoms with Crippen molar-refractivity contribution in [1.82, 2.24) is 9.47 Å². The Morgan fingerprint density at radius 2 is 1.69 bits per heavy atom. The minimum absolute atomic E-state index is 0.0737. The lowest BCUT2D eigenvalue weighted by Gasteiger charge is -2.33. The van der Waals surface area contributed by atoms with Crippen molar-refractivity contribution < 1.29 is 14.3 Å². The maximum atomic E-state index is 13.1. The van der Waals surface area contributed by atoms with Gasteiger partial charge in [0, 0.05) is 36.1 Å². The first kappa shape index (κ1) is 17.3. The van der Waals surface area contributed by atoms with Crippen molar-refractivity contribution in [2.24, 2.45) is 5.92 Å². The van der Waals surface area contributed by atoms with Gasteiger partial charge in [-0.2, -0.15) is 0 Å². The van der Waals surface area contributed by atoms with Gasteiger partial charge in [-0.1, -0.05) is 18.2 Å². The highest BCUT2D eigenvalue weighted by Gasteiger charge is 2.32. The molecule has 2 aliphatic heterocycles. The van der Waals surface area contributed by atoms with E-state index in [1.165, 1.54) is 0 Å². The van der Waals surface area contributed by atoms with Crippen LogP contribution in [0.1, 0.15) is 34.6 Å². The summed E-state index contributed by atoms with van der Waals surface area (Å²) in [5, 5.41) is 0. The molecule has 0 N–H and O–H groups in total. The zero-order valence-electron chi connectivity index (χ0n) is 15.5. The molecule has 138 valence electrons. The highest BCUT2D eigenvalue weighted by atomic mass is 16.7. The van der Waals surface area contributed by atoms with Gasteiger partial charge in [-0.05, 0) is 44.9 Å². The first-order valence-electron chi connectivity index (χ1n) is 9.42. The van der Waals surface area contributed by atoms with Gasteiger partial charge in [-0.3, -0.25) is 4.79 Å². The van der Waals surface area contributed by atoms with E-state index < -0.39 is 0 Å². The number of aromatic nitrogens is 1. The lowest BCUT2D eigenvalue weighted by Crippen LogP contribution is -2.41. The predicted octanol–water partition coefficient (Wildman–Crippen LogP) is 3.32. The fraction of sp³-hybridized carbons (Fsp3) is 0.476. The monoisotopic (exact) mass is 354 g/mol. The lowest BCUT2D eigenvalue weighted by molar-refractivity contribution is -0.0956. The maximum Gasteiger partial charge on any atom is 0.255 e. The summed E-state index contributed by atoms with van der Waals surface area (Å²) in [6.45, 7) is 6.99. The van der Waals surface area contributed by atoms with Crippen molar-refractivity contribution in [2.45, 2.75) is 33.0 Å². The molecule has 5 heteroatoms. The van der Waals surface area contributed by atoms with E-state index >= 15 is 0 Å². The van der Waals surface area contributed by atoms with Crippen LogP contribution < -0.4 is 0 Å². The SMILES string of the molecule is Cc1cc(C(=O)N2CCC(C3OCCO3)CC2)c(C)n1-c1ccccc1. The van der Waals surface area contributed by atoms with Crippen molar-refractivity contribution in [3.05, 3.63) is 53.3 Å². The average Bonchev–Trinajstić information content (AvgIpc) is 3.30. The van der Waals surface area contributed by atoms with Crippen LogP contribution in [0.15, 0.2) is 36.4 Å². The van der Waals surface area contributed by atoms with Gasteiger partial charge >= 0.3 is 0 Å². The van der Waals surface area contributed by atoms with Gasteiger partial charge in [0.25, 0.3) is 5.91 Å². The van der Waals surface area contributed by atoms with Crippen LogP contribution in [0.3, 0.4) is 0 Å². The summed E-state index contributed by atoms with van der Waals surface area (Å²) >= 11 is 0. The Morgan fingerprint density at radius 3 is 2.35 bits per heavy atom. The van der Waals surface area contributed by atoms with E-state index in [0.29, 0.717) is 19.1 Å². The molecule has 0 radical (unpaired) electrons. The number of benzene rings is 1. The third kappa shape index (κ3) is 3.17. The highest BCUT2D eigenvalue weighted by Crippen LogP contribution is 2.28. The fourth-order valence-corrected chi connectivity index (χ4v) is 4.15. The molecule has 0 atom stereocenters. The van der Waals surface area contributed by atoms with Crippen LogP contribution >= 0.6 is 0 Å². The first-order valence-corrected chi connectivity index (χ1v) is 9.42. The number of ether oxygens (including phenoxy) is 2.